The van der Waals surface area contributed by atoms with Crippen LogP contribution in [0.2, 0.25) is 0 Å². The van der Waals surface area contributed by atoms with Gasteiger partial charge in [0.15, 0.2) is 0 Å². The maximum absolute atomic E-state index is 12.3. The molecular formula is C14H20N2O2. The Bertz CT molecular complexity index is 426. The summed E-state index contributed by atoms with van der Waals surface area (Å²) in [6, 6.07) is 5.27. The van der Waals surface area contributed by atoms with Gasteiger partial charge < -0.3 is 15.4 Å². The van der Waals surface area contributed by atoms with E-state index in [9.17, 15) is 4.79 Å². The Morgan fingerprint density at radius 2 is 2.06 bits per heavy atom. The van der Waals surface area contributed by atoms with Crippen molar-refractivity contribution in [3.63, 3.8) is 0 Å². The number of anilines is 1. The molecule has 1 amide bonds. The van der Waals surface area contributed by atoms with Gasteiger partial charge in [0.2, 0.25) is 0 Å². The van der Waals surface area contributed by atoms with Crippen molar-refractivity contribution in [2.24, 2.45) is 0 Å². The van der Waals surface area contributed by atoms with E-state index >= 15 is 0 Å². The lowest BCUT2D eigenvalue weighted by Crippen LogP contribution is -2.35. The Morgan fingerprint density at radius 1 is 1.33 bits per heavy atom. The second-order valence-corrected chi connectivity index (χ2v) is 4.54. The van der Waals surface area contributed by atoms with E-state index in [0.717, 1.165) is 25.9 Å². The predicted molar refractivity (Wildman–Crippen MR) is 71.8 cm³/mol. The highest BCUT2D eigenvalue weighted by Crippen LogP contribution is 2.24. The van der Waals surface area contributed by atoms with E-state index in [1.807, 2.05) is 11.8 Å². The van der Waals surface area contributed by atoms with Crippen molar-refractivity contribution < 1.29 is 9.53 Å². The monoisotopic (exact) mass is 248 g/mol. The maximum atomic E-state index is 12.3. The fourth-order valence-corrected chi connectivity index (χ4v) is 2.25. The molecule has 1 aromatic carbocycles. The highest BCUT2D eigenvalue weighted by Gasteiger charge is 2.18. The first-order valence-electron chi connectivity index (χ1n) is 6.54. The van der Waals surface area contributed by atoms with Gasteiger partial charge in [0.1, 0.15) is 5.75 Å². The molecule has 18 heavy (non-hydrogen) atoms. The van der Waals surface area contributed by atoms with Crippen molar-refractivity contribution in [2.75, 3.05) is 25.4 Å². The van der Waals surface area contributed by atoms with Crippen molar-refractivity contribution >= 4 is 11.6 Å². The lowest BCUT2D eigenvalue weighted by atomic mass is 10.1. The number of amides is 1. The van der Waals surface area contributed by atoms with Crippen molar-refractivity contribution in [1.82, 2.24) is 4.90 Å². The Kier molecular flexibility index (Phi) is 4.07. The van der Waals surface area contributed by atoms with Gasteiger partial charge in [0.25, 0.3) is 5.91 Å². The van der Waals surface area contributed by atoms with Crippen LogP contribution in [-0.4, -0.2) is 30.5 Å². The smallest absolute Gasteiger partial charge is 0.253 e. The summed E-state index contributed by atoms with van der Waals surface area (Å²) in [7, 11) is 0. The molecule has 2 rings (SSSR count). The second kappa shape index (κ2) is 5.76. The van der Waals surface area contributed by atoms with Crippen molar-refractivity contribution in [3.05, 3.63) is 23.8 Å². The van der Waals surface area contributed by atoms with Crippen molar-refractivity contribution in [1.29, 1.82) is 0 Å². The summed E-state index contributed by atoms with van der Waals surface area (Å²) in [4.78, 5) is 14.2. The van der Waals surface area contributed by atoms with Crippen LogP contribution in [0.5, 0.6) is 5.75 Å². The molecule has 1 fully saturated rings. The summed E-state index contributed by atoms with van der Waals surface area (Å²) in [6.45, 7) is 4.19. The van der Waals surface area contributed by atoms with Gasteiger partial charge in [0.05, 0.1) is 12.3 Å². The molecule has 0 unspecified atom stereocenters. The molecule has 0 aromatic heterocycles. The molecule has 1 saturated heterocycles. The highest BCUT2D eigenvalue weighted by atomic mass is 16.5. The third kappa shape index (κ3) is 2.75. The number of likely N-dealkylation sites (tertiary alicyclic amines) is 1. The average molecular weight is 248 g/mol. The first-order valence-corrected chi connectivity index (χ1v) is 6.54. The minimum Gasteiger partial charge on any atom is -0.492 e. The molecule has 2 N–H and O–H groups in total. The molecule has 0 atom stereocenters. The fraction of sp³-hybridized carbons (Fsp3) is 0.500. The molecule has 0 radical (unpaired) electrons. The minimum atomic E-state index is 0.0736. The molecule has 4 nitrogen and oxygen atoms in total. The zero-order valence-corrected chi connectivity index (χ0v) is 10.8. The van der Waals surface area contributed by atoms with Gasteiger partial charge in [-0.3, -0.25) is 4.79 Å². The van der Waals surface area contributed by atoms with Crippen LogP contribution in [-0.2, 0) is 0 Å². The van der Waals surface area contributed by atoms with Crippen molar-refractivity contribution in [3.8, 4) is 5.75 Å². The van der Waals surface area contributed by atoms with Crippen LogP contribution >= 0.6 is 0 Å². The standard InChI is InChI=1S/C14H20N2O2/c1-2-18-13-7-6-11(10-12(13)15)14(17)16-8-4-3-5-9-16/h6-7,10H,2-5,8-9,15H2,1H3. The zero-order valence-electron chi connectivity index (χ0n) is 10.8. The van der Waals surface area contributed by atoms with Gasteiger partial charge in [-0.05, 0) is 44.4 Å². The van der Waals surface area contributed by atoms with Crippen LogP contribution in [0.3, 0.4) is 0 Å². The van der Waals surface area contributed by atoms with Crippen molar-refractivity contribution in [2.45, 2.75) is 26.2 Å². The zero-order chi connectivity index (χ0) is 13.0. The summed E-state index contributed by atoms with van der Waals surface area (Å²) >= 11 is 0. The number of carbonyl (C=O) groups is 1. The number of benzene rings is 1. The van der Waals surface area contributed by atoms with E-state index in [1.165, 1.54) is 6.42 Å². The first-order chi connectivity index (χ1) is 8.72. The largest absolute Gasteiger partial charge is 0.492 e. The third-order valence-corrected chi connectivity index (χ3v) is 3.20. The summed E-state index contributed by atoms with van der Waals surface area (Å²) in [6.07, 6.45) is 3.41. The predicted octanol–water partition coefficient (Wildman–Crippen LogP) is 2.29. The molecule has 1 heterocycles. The third-order valence-electron chi connectivity index (χ3n) is 3.20. The van der Waals surface area contributed by atoms with Crippen LogP contribution in [0.15, 0.2) is 18.2 Å². The molecule has 0 aliphatic carbocycles. The van der Waals surface area contributed by atoms with Crippen LogP contribution < -0.4 is 10.5 Å². The van der Waals surface area contributed by atoms with Crippen LogP contribution in [0.1, 0.15) is 36.5 Å². The number of rotatable bonds is 3. The number of nitrogens with zero attached hydrogens (tertiary/aromatic N) is 1. The molecule has 1 aromatic rings. The molecule has 1 aliphatic heterocycles. The van der Waals surface area contributed by atoms with Gasteiger partial charge in [-0.15, -0.1) is 0 Å². The summed E-state index contributed by atoms with van der Waals surface area (Å²) < 4.78 is 5.37. The summed E-state index contributed by atoms with van der Waals surface area (Å²) in [5.74, 6) is 0.720. The van der Waals surface area contributed by atoms with Crippen LogP contribution in [0.4, 0.5) is 5.69 Å². The number of nitrogen functional groups attached to an aromatic ring is 1. The number of nitrogens with two attached hydrogens (primary N) is 1. The van der Waals surface area contributed by atoms with E-state index in [1.54, 1.807) is 18.2 Å². The Labute approximate surface area is 108 Å². The number of hydrogen-bond donors (Lipinski definition) is 1. The van der Waals surface area contributed by atoms with Crippen LogP contribution in [0, 0.1) is 0 Å². The van der Waals surface area contributed by atoms with Gasteiger partial charge in [0, 0.05) is 18.7 Å². The highest BCUT2D eigenvalue weighted by molar-refractivity contribution is 5.95. The molecule has 4 heteroatoms. The van der Waals surface area contributed by atoms with Gasteiger partial charge in [-0.25, -0.2) is 0 Å². The number of carbonyl (C=O) groups excluding carboxylic acids is 1. The molecule has 0 saturated carbocycles. The maximum Gasteiger partial charge on any atom is 0.253 e. The fourth-order valence-electron chi connectivity index (χ4n) is 2.25. The second-order valence-electron chi connectivity index (χ2n) is 4.54. The molecular weight excluding hydrogens is 228 g/mol. The van der Waals surface area contributed by atoms with Gasteiger partial charge in [-0.1, -0.05) is 0 Å². The number of hydrogen-bond acceptors (Lipinski definition) is 3. The van der Waals surface area contributed by atoms with Crippen LogP contribution in [0.25, 0.3) is 0 Å². The number of ether oxygens (including phenoxy) is 1. The topological polar surface area (TPSA) is 55.6 Å². The van der Waals surface area contributed by atoms with Gasteiger partial charge >= 0.3 is 0 Å². The summed E-state index contributed by atoms with van der Waals surface area (Å²) in [5, 5.41) is 0. The van der Waals surface area contributed by atoms with E-state index in [0.29, 0.717) is 23.6 Å². The molecule has 1 aliphatic rings. The normalized spacial score (nSPS) is 15.5. The summed E-state index contributed by atoms with van der Waals surface area (Å²) in [5.41, 5.74) is 7.06. The van der Waals surface area contributed by atoms with E-state index in [-0.39, 0.29) is 5.91 Å². The molecule has 0 bridgehead atoms. The number of piperidine rings is 1. The lowest BCUT2D eigenvalue weighted by molar-refractivity contribution is 0.0724. The van der Waals surface area contributed by atoms with E-state index in [4.69, 9.17) is 10.5 Å². The van der Waals surface area contributed by atoms with E-state index < -0.39 is 0 Å². The Balaban J connectivity index is 2.12. The van der Waals surface area contributed by atoms with E-state index in [2.05, 4.69) is 0 Å². The van der Waals surface area contributed by atoms with Gasteiger partial charge in [-0.2, -0.15) is 0 Å². The first kappa shape index (κ1) is 12.7. The lowest BCUT2D eigenvalue weighted by Gasteiger charge is -2.26. The Hall–Kier alpha value is -1.71. The quantitative estimate of drug-likeness (QED) is 0.835. The minimum absolute atomic E-state index is 0.0736. The Morgan fingerprint density at radius 3 is 2.67 bits per heavy atom. The molecule has 98 valence electrons. The SMILES string of the molecule is CCOc1ccc(C(=O)N2CCCCC2)cc1N. The molecule has 0 spiro atoms. The average Bonchev–Trinajstić information content (AvgIpc) is 2.41.